The maximum atomic E-state index is 12.0. The second kappa shape index (κ2) is 15.2. The lowest BCUT2D eigenvalue weighted by Gasteiger charge is -2.27. The summed E-state index contributed by atoms with van der Waals surface area (Å²) in [6, 6.07) is 0. The van der Waals surface area contributed by atoms with Crippen molar-refractivity contribution in [1.82, 2.24) is 16.0 Å². The van der Waals surface area contributed by atoms with Gasteiger partial charge in [0, 0.05) is 13.0 Å². The van der Waals surface area contributed by atoms with E-state index in [1.54, 1.807) is 0 Å². The molecule has 0 aromatic carbocycles. The Morgan fingerprint density at radius 2 is 1.67 bits per heavy atom. The molecule has 0 fully saturated rings. The topological polar surface area (TPSA) is 181 Å². The summed E-state index contributed by atoms with van der Waals surface area (Å²) < 4.78 is 0. The number of carboxylic acid groups (broad SMARTS) is 1. The molecule has 0 heterocycles. The molecule has 0 saturated carbocycles. The number of carboxylic acids is 1. The molecule has 0 radical (unpaired) electrons. The van der Waals surface area contributed by atoms with Crippen LogP contribution in [0.2, 0.25) is 0 Å². The van der Waals surface area contributed by atoms with Crippen LogP contribution >= 0.6 is 0 Å². The van der Waals surface area contributed by atoms with Crippen LogP contribution in [0, 0.1) is 0 Å². The first kappa shape index (κ1) is 25.1. The average molecular weight is 388 g/mol. The van der Waals surface area contributed by atoms with Gasteiger partial charge in [-0.15, -0.1) is 0 Å². The summed E-state index contributed by atoms with van der Waals surface area (Å²) in [5, 5.41) is 18.2. The maximum absolute atomic E-state index is 12.0. The Morgan fingerprint density at radius 1 is 1.00 bits per heavy atom. The van der Waals surface area contributed by atoms with Crippen molar-refractivity contribution in [1.29, 1.82) is 0 Å². The van der Waals surface area contributed by atoms with Gasteiger partial charge in [0.2, 0.25) is 5.91 Å². The third kappa shape index (κ3) is 13.9. The molecule has 1 amide bonds. The summed E-state index contributed by atoms with van der Waals surface area (Å²) in [5.74, 6) is -1.34. The van der Waals surface area contributed by atoms with Crippen molar-refractivity contribution in [2.24, 2.45) is 22.2 Å². The van der Waals surface area contributed by atoms with Crippen molar-refractivity contribution < 1.29 is 14.7 Å². The van der Waals surface area contributed by atoms with Gasteiger partial charge in [-0.1, -0.05) is 6.42 Å². The predicted octanol–water partition coefficient (Wildman–Crippen LogP) is -0.955. The van der Waals surface area contributed by atoms with E-state index in [0.29, 0.717) is 26.1 Å². The monoisotopic (exact) mass is 387 g/mol. The van der Waals surface area contributed by atoms with Gasteiger partial charge in [-0.05, 0) is 65.2 Å². The Labute approximate surface area is 161 Å². The van der Waals surface area contributed by atoms with Crippen molar-refractivity contribution in [2.75, 3.05) is 32.7 Å². The van der Waals surface area contributed by atoms with E-state index < -0.39 is 11.6 Å². The smallest absolute Gasteiger partial charge is 0.344 e. The second-order valence-corrected chi connectivity index (χ2v) is 6.62. The zero-order valence-corrected chi connectivity index (χ0v) is 16.4. The SMILES string of the molecule is CC(NCCCCNCCCN)(NC(=O)CCCCCN=C(N)N)C(=O)O. The summed E-state index contributed by atoms with van der Waals surface area (Å²) in [4.78, 5) is 27.4. The largest absolute Gasteiger partial charge is 0.478 e. The molecule has 0 bridgehead atoms. The number of nitrogens with two attached hydrogens (primary N) is 3. The molecule has 10 N–H and O–H groups in total. The third-order valence-corrected chi connectivity index (χ3v) is 3.99. The van der Waals surface area contributed by atoms with E-state index in [1.807, 2.05) is 0 Å². The number of nitrogens with zero attached hydrogens (tertiary/aromatic N) is 1. The van der Waals surface area contributed by atoms with Crippen LogP contribution in [0.3, 0.4) is 0 Å². The van der Waals surface area contributed by atoms with Gasteiger partial charge in [-0.2, -0.15) is 0 Å². The molecule has 0 aromatic heterocycles. The molecule has 158 valence electrons. The summed E-state index contributed by atoms with van der Waals surface area (Å²) in [6.07, 6.45) is 5.14. The Morgan fingerprint density at radius 3 is 2.30 bits per heavy atom. The molecular weight excluding hydrogens is 350 g/mol. The molecular formula is C17H37N7O3. The number of unbranched alkanes of at least 4 members (excludes halogenated alkanes) is 3. The number of aliphatic imine (C=N–C) groups is 1. The molecule has 0 aliphatic rings. The molecule has 10 heteroatoms. The average Bonchev–Trinajstić information content (AvgIpc) is 2.59. The summed E-state index contributed by atoms with van der Waals surface area (Å²) in [5.41, 5.74) is 14.4. The lowest BCUT2D eigenvalue weighted by atomic mass is 10.1. The number of carbonyl (C=O) groups is 2. The van der Waals surface area contributed by atoms with Crippen LogP contribution in [0.25, 0.3) is 0 Å². The molecule has 1 atom stereocenters. The lowest BCUT2D eigenvalue weighted by Crippen LogP contribution is -2.62. The molecule has 0 aliphatic carbocycles. The minimum atomic E-state index is -1.47. The highest BCUT2D eigenvalue weighted by Crippen LogP contribution is 2.05. The quantitative estimate of drug-likeness (QED) is 0.0721. The highest BCUT2D eigenvalue weighted by atomic mass is 16.4. The Balaban J connectivity index is 4.01. The normalized spacial score (nSPS) is 13.0. The first-order valence-electron chi connectivity index (χ1n) is 9.57. The van der Waals surface area contributed by atoms with Crippen molar-refractivity contribution in [3.05, 3.63) is 0 Å². The summed E-state index contributed by atoms with van der Waals surface area (Å²) in [7, 11) is 0. The van der Waals surface area contributed by atoms with Gasteiger partial charge in [-0.3, -0.25) is 15.1 Å². The van der Waals surface area contributed by atoms with E-state index in [-0.39, 0.29) is 18.3 Å². The Kier molecular flexibility index (Phi) is 14.1. The predicted molar refractivity (Wildman–Crippen MR) is 107 cm³/mol. The standard InChI is InChI=1S/C17H37N7O3/c1-17(15(26)27,23-13-6-5-10-21-11-7-9-18)24-14(25)8-3-2-4-12-22-16(19)20/h21,23H,2-13,18H2,1H3,(H,24,25)(H,26,27)(H4,19,20,22). The highest BCUT2D eigenvalue weighted by molar-refractivity contribution is 5.86. The number of carbonyl (C=O) groups excluding carboxylic acids is 1. The molecule has 0 aromatic rings. The Hall–Kier alpha value is -1.91. The fraction of sp³-hybridized carbons (Fsp3) is 0.824. The molecule has 27 heavy (non-hydrogen) atoms. The van der Waals surface area contributed by atoms with Gasteiger partial charge < -0.3 is 32.9 Å². The fourth-order valence-corrected chi connectivity index (χ4v) is 2.36. The minimum absolute atomic E-state index is 0.0578. The molecule has 1 unspecified atom stereocenters. The Bertz CT molecular complexity index is 456. The van der Waals surface area contributed by atoms with Crippen molar-refractivity contribution in [3.63, 3.8) is 0 Å². The zero-order chi connectivity index (χ0) is 20.5. The zero-order valence-electron chi connectivity index (χ0n) is 16.4. The fourth-order valence-electron chi connectivity index (χ4n) is 2.36. The van der Waals surface area contributed by atoms with Crippen molar-refractivity contribution >= 4 is 17.8 Å². The first-order valence-corrected chi connectivity index (χ1v) is 9.57. The van der Waals surface area contributed by atoms with Crippen LogP contribution in [0.1, 0.15) is 51.9 Å². The number of nitrogens with one attached hydrogen (secondary N) is 3. The van der Waals surface area contributed by atoms with Gasteiger partial charge in [0.15, 0.2) is 11.6 Å². The van der Waals surface area contributed by atoms with Gasteiger partial charge in [0.1, 0.15) is 0 Å². The van der Waals surface area contributed by atoms with Crippen LogP contribution < -0.4 is 33.2 Å². The van der Waals surface area contributed by atoms with Gasteiger partial charge in [-0.25, -0.2) is 4.79 Å². The van der Waals surface area contributed by atoms with Gasteiger partial charge in [0.25, 0.3) is 0 Å². The number of hydrogen-bond donors (Lipinski definition) is 7. The van der Waals surface area contributed by atoms with Crippen LogP contribution in [-0.2, 0) is 9.59 Å². The molecule has 0 rings (SSSR count). The summed E-state index contributed by atoms with van der Waals surface area (Å²) in [6.45, 7) is 4.91. The van der Waals surface area contributed by atoms with E-state index in [1.165, 1.54) is 6.92 Å². The van der Waals surface area contributed by atoms with Crippen LogP contribution in [0.4, 0.5) is 0 Å². The van der Waals surface area contributed by atoms with E-state index in [2.05, 4.69) is 20.9 Å². The van der Waals surface area contributed by atoms with E-state index in [0.717, 1.165) is 45.2 Å². The van der Waals surface area contributed by atoms with E-state index in [9.17, 15) is 14.7 Å². The highest BCUT2D eigenvalue weighted by Gasteiger charge is 2.33. The summed E-state index contributed by atoms with van der Waals surface area (Å²) >= 11 is 0. The molecule has 0 spiro atoms. The lowest BCUT2D eigenvalue weighted by molar-refractivity contribution is -0.148. The van der Waals surface area contributed by atoms with Crippen LogP contribution in [0.15, 0.2) is 4.99 Å². The van der Waals surface area contributed by atoms with Crippen LogP contribution in [-0.4, -0.2) is 61.3 Å². The van der Waals surface area contributed by atoms with Crippen molar-refractivity contribution in [2.45, 2.75) is 57.5 Å². The third-order valence-electron chi connectivity index (χ3n) is 3.99. The molecule has 0 aliphatic heterocycles. The van der Waals surface area contributed by atoms with Gasteiger partial charge >= 0.3 is 5.97 Å². The maximum Gasteiger partial charge on any atom is 0.344 e. The van der Waals surface area contributed by atoms with E-state index >= 15 is 0 Å². The van der Waals surface area contributed by atoms with Gasteiger partial charge in [0.05, 0.1) is 0 Å². The minimum Gasteiger partial charge on any atom is -0.478 e. The van der Waals surface area contributed by atoms with Crippen LogP contribution in [0.5, 0.6) is 0 Å². The first-order chi connectivity index (χ1) is 12.8. The number of hydrogen-bond acceptors (Lipinski definition) is 6. The van der Waals surface area contributed by atoms with E-state index in [4.69, 9.17) is 17.2 Å². The van der Waals surface area contributed by atoms with Crippen molar-refractivity contribution in [3.8, 4) is 0 Å². The number of guanidine groups is 1. The number of amides is 1. The number of aliphatic carboxylic acids is 1. The number of rotatable bonds is 17. The second-order valence-electron chi connectivity index (χ2n) is 6.62. The molecule has 10 nitrogen and oxygen atoms in total. The molecule has 0 saturated heterocycles.